The van der Waals surface area contributed by atoms with E-state index < -0.39 is 12.1 Å². The molecule has 0 radical (unpaired) electrons. The lowest BCUT2D eigenvalue weighted by Crippen LogP contribution is -2.45. The summed E-state index contributed by atoms with van der Waals surface area (Å²) in [4.78, 5) is 24.2. The summed E-state index contributed by atoms with van der Waals surface area (Å²) in [7, 11) is 0. The summed E-state index contributed by atoms with van der Waals surface area (Å²) in [6, 6.07) is 18.5. The zero-order valence-electron chi connectivity index (χ0n) is 14.7. The Morgan fingerprint density at radius 2 is 1.48 bits per heavy atom. The van der Waals surface area contributed by atoms with Gasteiger partial charge >= 0.3 is 6.03 Å². The van der Waals surface area contributed by atoms with Crippen molar-refractivity contribution in [3.8, 4) is 0 Å². The van der Waals surface area contributed by atoms with Gasteiger partial charge in [-0.15, -0.1) is 0 Å². The van der Waals surface area contributed by atoms with Gasteiger partial charge < -0.3 is 10.6 Å². The van der Waals surface area contributed by atoms with Crippen LogP contribution in [0, 0.1) is 0 Å². The minimum atomic E-state index is -0.588. The molecule has 0 fully saturated rings. The maximum atomic E-state index is 12.5. The summed E-state index contributed by atoms with van der Waals surface area (Å²) in [5.74, 6) is -0.123. The van der Waals surface area contributed by atoms with Crippen LogP contribution in [0.15, 0.2) is 60.7 Å². The quantitative estimate of drug-likeness (QED) is 0.726. The van der Waals surface area contributed by atoms with Crippen LogP contribution in [-0.4, -0.2) is 25.0 Å². The van der Waals surface area contributed by atoms with E-state index in [-0.39, 0.29) is 11.8 Å². The molecule has 0 saturated heterocycles. The maximum absolute atomic E-state index is 12.5. The Kier molecular flexibility index (Phi) is 7.16. The van der Waals surface area contributed by atoms with Gasteiger partial charge in [0.25, 0.3) is 0 Å². The molecule has 0 unspecified atom stereocenters. The van der Waals surface area contributed by atoms with E-state index in [1.807, 2.05) is 48.5 Å². The molecule has 2 aromatic rings. The van der Waals surface area contributed by atoms with E-state index in [4.69, 9.17) is 0 Å². The minimum absolute atomic E-state index is 0.240. The third-order valence-electron chi connectivity index (χ3n) is 3.97. The first kappa shape index (κ1) is 18.7. The van der Waals surface area contributed by atoms with Crippen molar-refractivity contribution < 1.29 is 9.59 Å². The van der Waals surface area contributed by atoms with Crippen molar-refractivity contribution in [2.75, 3.05) is 13.1 Å². The molecule has 0 spiro atoms. The summed E-state index contributed by atoms with van der Waals surface area (Å²) in [6.07, 6.45) is 0. The molecule has 2 atom stereocenters. The van der Waals surface area contributed by atoms with Gasteiger partial charge in [0, 0.05) is 13.1 Å². The minimum Gasteiger partial charge on any atom is -0.338 e. The molecule has 2 aromatic carbocycles. The lowest BCUT2D eigenvalue weighted by Gasteiger charge is -2.21. The largest absolute Gasteiger partial charge is 0.338 e. The van der Waals surface area contributed by atoms with E-state index in [0.29, 0.717) is 13.1 Å². The number of rotatable bonds is 7. The van der Waals surface area contributed by atoms with Gasteiger partial charge in [0.1, 0.15) is 6.04 Å². The average Bonchev–Trinajstić information content (AvgIpc) is 2.63. The lowest BCUT2D eigenvalue weighted by atomic mass is 10.00. The Labute approximate surface area is 148 Å². The molecule has 0 saturated carbocycles. The van der Waals surface area contributed by atoms with Crippen molar-refractivity contribution >= 4 is 11.9 Å². The number of urea groups is 1. The van der Waals surface area contributed by atoms with Crippen LogP contribution in [0.25, 0.3) is 0 Å². The molecule has 25 heavy (non-hydrogen) atoms. The molecule has 132 valence electrons. The highest BCUT2D eigenvalue weighted by molar-refractivity contribution is 5.97. The smallest absolute Gasteiger partial charge is 0.321 e. The molecule has 0 aliphatic heterocycles. The topological polar surface area (TPSA) is 70.2 Å². The van der Waals surface area contributed by atoms with Crippen molar-refractivity contribution in [3.63, 3.8) is 0 Å². The van der Waals surface area contributed by atoms with Crippen LogP contribution < -0.4 is 16.0 Å². The Hall–Kier alpha value is -2.66. The number of carbonyl (C=O) groups excluding carboxylic acids is 2. The fraction of sp³-hybridized carbons (Fsp3) is 0.300. The third-order valence-corrected chi connectivity index (χ3v) is 3.97. The van der Waals surface area contributed by atoms with Crippen LogP contribution in [0.2, 0.25) is 0 Å². The number of amides is 3. The molecule has 0 bridgehead atoms. The number of carbonyl (C=O) groups is 2. The van der Waals surface area contributed by atoms with Crippen LogP contribution in [-0.2, 0) is 4.79 Å². The molecule has 5 heteroatoms. The molecule has 0 heterocycles. The van der Waals surface area contributed by atoms with Gasteiger partial charge in [-0.25, -0.2) is 4.79 Å². The number of benzene rings is 2. The number of hydrogen-bond donors (Lipinski definition) is 3. The molecule has 2 rings (SSSR count). The van der Waals surface area contributed by atoms with Gasteiger partial charge in [-0.1, -0.05) is 67.6 Å². The van der Waals surface area contributed by atoms with Crippen LogP contribution in [0.3, 0.4) is 0 Å². The SMILES string of the molecule is CCNC(=O)NC(=O)[C@H](NC[C@@H](C)c1ccccc1)c1ccccc1. The van der Waals surface area contributed by atoms with Crippen LogP contribution in [0.1, 0.15) is 36.9 Å². The molecule has 3 amide bonds. The van der Waals surface area contributed by atoms with E-state index in [2.05, 4.69) is 35.0 Å². The summed E-state index contributed by atoms with van der Waals surface area (Å²) in [5.41, 5.74) is 2.02. The highest BCUT2D eigenvalue weighted by Gasteiger charge is 2.22. The predicted octanol–water partition coefficient (Wildman–Crippen LogP) is 2.97. The van der Waals surface area contributed by atoms with Crippen molar-refractivity contribution in [1.82, 2.24) is 16.0 Å². The van der Waals surface area contributed by atoms with Crippen molar-refractivity contribution in [1.29, 1.82) is 0 Å². The lowest BCUT2D eigenvalue weighted by molar-refractivity contribution is -0.122. The summed E-state index contributed by atoms with van der Waals surface area (Å²) in [5, 5.41) is 8.26. The first-order chi connectivity index (χ1) is 12.1. The fourth-order valence-electron chi connectivity index (χ4n) is 2.59. The van der Waals surface area contributed by atoms with Gasteiger partial charge in [-0.3, -0.25) is 10.1 Å². The van der Waals surface area contributed by atoms with Gasteiger partial charge in [-0.05, 0) is 24.0 Å². The van der Waals surface area contributed by atoms with Crippen molar-refractivity contribution in [3.05, 3.63) is 71.8 Å². The van der Waals surface area contributed by atoms with E-state index in [1.165, 1.54) is 5.56 Å². The molecule has 0 aliphatic rings. The van der Waals surface area contributed by atoms with Crippen molar-refractivity contribution in [2.24, 2.45) is 0 Å². The number of imide groups is 1. The Morgan fingerprint density at radius 3 is 2.04 bits per heavy atom. The van der Waals surface area contributed by atoms with E-state index in [1.54, 1.807) is 6.92 Å². The van der Waals surface area contributed by atoms with E-state index in [9.17, 15) is 9.59 Å². The van der Waals surface area contributed by atoms with Crippen LogP contribution in [0.5, 0.6) is 0 Å². The molecular weight excluding hydrogens is 314 g/mol. The summed E-state index contributed by atoms with van der Waals surface area (Å²) in [6.45, 7) is 4.99. The highest BCUT2D eigenvalue weighted by atomic mass is 16.2. The second-order valence-electron chi connectivity index (χ2n) is 5.91. The first-order valence-corrected chi connectivity index (χ1v) is 8.53. The van der Waals surface area contributed by atoms with Gasteiger partial charge in [0.15, 0.2) is 0 Å². The first-order valence-electron chi connectivity index (χ1n) is 8.53. The molecule has 5 nitrogen and oxygen atoms in total. The Morgan fingerprint density at radius 1 is 0.920 bits per heavy atom. The molecular formula is C20H25N3O2. The molecule has 0 aromatic heterocycles. The monoisotopic (exact) mass is 339 g/mol. The fourth-order valence-corrected chi connectivity index (χ4v) is 2.59. The highest BCUT2D eigenvalue weighted by Crippen LogP contribution is 2.17. The number of hydrogen-bond acceptors (Lipinski definition) is 3. The van der Waals surface area contributed by atoms with Gasteiger partial charge in [0.2, 0.25) is 5.91 Å². The normalized spacial score (nSPS) is 12.9. The summed E-state index contributed by atoms with van der Waals surface area (Å²) < 4.78 is 0. The third kappa shape index (κ3) is 5.72. The Bertz CT molecular complexity index is 674. The van der Waals surface area contributed by atoms with Crippen molar-refractivity contribution in [2.45, 2.75) is 25.8 Å². The summed E-state index contributed by atoms with van der Waals surface area (Å²) >= 11 is 0. The predicted molar refractivity (Wildman–Crippen MR) is 99.3 cm³/mol. The van der Waals surface area contributed by atoms with Gasteiger partial charge in [0.05, 0.1) is 0 Å². The zero-order chi connectivity index (χ0) is 18.1. The molecule has 3 N–H and O–H groups in total. The molecule has 0 aliphatic carbocycles. The van der Waals surface area contributed by atoms with E-state index >= 15 is 0 Å². The second-order valence-corrected chi connectivity index (χ2v) is 5.91. The zero-order valence-corrected chi connectivity index (χ0v) is 14.7. The van der Waals surface area contributed by atoms with Gasteiger partial charge in [-0.2, -0.15) is 0 Å². The standard InChI is InChI=1S/C20H25N3O2/c1-3-21-20(25)23-19(24)18(17-12-8-5-9-13-17)22-14-15(2)16-10-6-4-7-11-16/h4-13,15,18,22H,3,14H2,1-2H3,(H2,21,23,24,25)/t15-,18-/m1/s1. The second kappa shape index (κ2) is 9.59. The van der Waals surface area contributed by atoms with Crippen LogP contribution >= 0.6 is 0 Å². The van der Waals surface area contributed by atoms with Crippen LogP contribution in [0.4, 0.5) is 4.79 Å². The maximum Gasteiger partial charge on any atom is 0.321 e. The Balaban J connectivity index is 2.07. The average molecular weight is 339 g/mol. The number of nitrogens with one attached hydrogen (secondary N) is 3. The van der Waals surface area contributed by atoms with E-state index in [0.717, 1.165) is 5.56 Å².